The molecule has 14 heavy (non-hydrogen) atoms. The minimum Gasteiger partial charge on any atom is -0.388 e. The number of nitrogens with zero attached hydrogens (tertiary/aromatic N) is 2. The summed E-state index contributed by atoms with van der Waals surface area (Å²) in [6.07, 6.45) is 2.87. The number of pyridine rings is 1. The Balaban J connectivity index is 3.12. The average Bonchev–Trinajstić information content (AvgIpc) is 2.13. The van der Waals surface area contributed by atoms with Crippen LogP contribution in [0.25, 0.3) is 5.70 Å². The lowest BCUT2D eigenvalue weighted by molar-refractivity contribution is -0.376. The Hall–Kier alpha value is -1.91. The number of rotatable bonds is 3. The summed E-state index contributed by atoms with van der Waals surface area (Å²) in [6.45, 7) is 1.86. The topological polar surface area (TPSA) is 68.1 Å². The van der Waals surface area contributed by atoms with Gasteiger partial charge in [-0.05, 0) is 24.6 Å². The van der Waals surface area contributed by atoms with Crippen LogP contribution in [-0.2, 0) is 0 Å². The molecule has 0 aliphatic heterocycles. The molecular weight excluding hydrogens is 182 g/mol. The molecule has 1 rings (SSSR count). The van der Waals surface area contributed by atoms with Crippen molar-refractivity contribution < 1.29 is 4.92 Å². The summed E-state index contributed by atoms with van der Waals surface area (Å²) in [5.41, 5.74) is 1.28. The SMILES string of the molecule is CN/C=C(/c1cc(C)ccn1)[N+](=O)[O-]. The zero-order chi connectivity index (χ0) is 10.6. The van der Waals surface area contributed by atoms with Gasteiger partial charge in [0, 0.05) is 13.2 Å². The first-order valence-corrected chi connectivity index (χ1v) is 4.10. The monoisotopic (exact) mass is 193 g/mol. The minimum atomic E-state index is -0.460. The maximum atomic E-state index is 10.7. The number of nitrogens with one attached hydrogen (secondary N) is 1. The first-order chi connectivity index (χ1) is 6.65. The van der Waals surface area contributed by atoms with Crippen LogP contribution >= 0.6 is 0 Å². The summed E-state index contributed by atoms with van der Waals surface area (Å²) in [4.78, 5) is 14.1. The van der Waals surface area contributed by atoms with Gasteiger partial charge in [-0.1, -0.05) is 0 Å². The van der Waals surface area contributed by atoms with Gasteiger partial charge in [-0.25, -0.2) is 4.98 Å². The maximum absolute atomic E-state index is 10.7. The molecule has 1 aromatic heterocycles. The van der Waals surface area contributed by atoms with Gasteiger partial charge in [0.1, 0.15) is 5.69 Å². The fraction of sp³-hybridized carbons (Fsp3) is 0.222. The van der Waals surface area contributed by atoms with E-state index in [2.05, 4.69) is 10.3 Å². The highest BCUT2D eigenvalue weighted by atomic mass is 16.6. The van der Waals surface area contributed by atoms with Crippen LogP contribution in [0.2, 0.25) is 0 Å². The van der Waals surface area contributed by atoms with Crippen molar-refractivity contribution >= 4 is 5.70 Å². The molecule has 0 saturated carbocycles. The van der Waals surface area contributed by atoms with Crippen LogP contribution < -0.4 is 5.32 Å². The Kier molecular flexibility index (Phi) is 3.17. The maximum Gasteiger partial charge on any atom is 0.310 e. The molecule has 0 saturated heterocycles. The van der Waals surface area contributed by atoms with Crippen molar-refractivity contribution in [3.05, 3.63) is 45.9 Å². The van der Waals surface area contributed by atoms with Crippen LogP contribution in [0.3, 0.4) is 0 Å². The van der Waals surface area contributed by atoms with E-state index in [1.54, 1.807) is 25.4 Å². The first kappa shape index (κ1) is 10.2. The third kappa shape index (κ3) is 2.29. The van der Waals surface area contributed by atoms with Crippen molar-refractivity contribution in [2.45, 2.75) is 6.92 Å². The number of aryl methyl sites for hydroxylation is 1. The Morgan fingerprint density at radius 3 is 2.93 bits per heavy atom. The van der Waals surface area contributed by atoms with E-state index < -0.39 is 4.92 Å². The molecule has 0 atom stereocenters. The van der Waals surface area contributed by atoms with Gasteiger partial charge in [-0.2, -0.15) is 0 Å². The second-order valence-corrected chi connectivity index (χ2v) is 2.79. The van der Waals surface area contributed by atoms with E-state index in [0.717, 1.165) is 5.56 Å². The van der Waals surface area contributed by atoms with Gasteiger partial charge in [-0.15, -0.1) is 0 Å². The van der Waals surface area contributed by atoms with Gasteiger partial charge < -0.3 is 5.32 Å². The van der Waals surface area contributed by atoms with Gasteiger partial charge in [0.05, 0.1) is 11.1 Å². The molecule has 5 heteroatoms. The third-order valence-electron chi connectivity index (χ3n) is 1.66. The Bertz CT molecular complexity index is 374. The predicted molar refractivity (Wildman–Crippen MR) is 53.0 cm³/mol. The van der Waals surface area contributed by atoms with E-state index in [0.29, 0.717) is 5.69 Å². The summed E-state index contributed by atoms with van der Waals surface area (Å²) >= 11 is 0. The van der Waals surface area contributed by atoms with Crippen molar-refractivity contribution in [1.29, 1.82) is 0 Å². The molecule has 0 bridgehead atoms. The van der Waals surface area contributed by atoms with Gasteiger partial charge in [0.2, 0.25) is 0 Å². The largest absolute Gasteiger partial charge is 0.388 e. The fourth-order valence-corrected chi connectivity index (χ4v) is 1.03. The van der Waals surface area contributed by atoms with Crippen molar-refractivity contribution in [3.8, 4) is 0 Å². The molecule has 0 aromatic carbocycles. The molecule has 1 N–H and O–H groups in total. The number of hydrogen-bond donors (Lipinski definition) is 1. The summed E-state index contributed by atoms with van der Waals surface area (Å²) in [6, 6.07) is 3.46. The van der Waals surface area contributed by atoms with Crippen molar-refractivity contribution in [1.82, 2.24) is 10.3 Å². The predicted octanol–water partition coefficient (Wildman–Crippen LogP) is 1.18. The van der Waals surface area contributed by atoms with E-state index in [9.17, 15) is 10.1 Å². The van der Waals surface area contributed by atoms with Crippen LogP contribution in [0.4, 0.5) is 0 Å². The molecule has 0 amide bonds. The van der Waals surface area contributed by atoms with Crippen molar-refractivity contribution in [3.63, 3.8) is 0 Å². The summed E-state index contributed by atoms with van der Waals surface area (Å²) < 4.78 is 0. The molecule has 0 radical (unpaired) electrons. The second-order valence-electron chi connectivity index (χ2n) is 2.79. The summed E-state index contributed by atoms with van der Waals surface area (Å²) in [5.74, 6) is 0. The molecule has 0 fully saturated rings. The highest BCUT2D eigenvalue weighted by Gasteiger charge is 2.14. The molecular formula is C9H11N3O2. The zero-order valence-corrected chi connectivity index (χ0v) is 8.02. The van der Waals surface area contributed by atoms with Crippen LogP contribution in [0.1, 0.15) is 11.3 Å². The molecule has 0 aliphatic rings. The number of aromatic nitrogens is 1. The van der Waals surface area contributed by atoms with Crippen molar-refractivity contribution in [2.24, 2.45) is 0 Å². The van der Waals surface area contributed by atoms with Gasteiger partial charge in [0.15, 0.2) is 0 Å². The second kappa shape index (κ2) is 4.36. The van der Waals surface area contributed by atoms with Crippen molar-refractivity contribution in [2.75, 3.05) is 7.05 Å². The van der Waals surface area contributed by atoms with E-state index in [1.165, 1.54) is 6.20 Å². The standard InChI is InChI=1S/C9H11N3O2/c1-7-3-4-11-8(5-7)9(6-10-2)12(13)14/h3-6,10H,1-2H3/b9-6-. The number of hydrogen-bond acceptors (Lipinski definition) is 4. The lowest BCUT2D eigenvalue weighted by Gasteiger charge is -1.98. The molecule has 1 heterocycles. The summed E-state index contributed by atoms with van der Waals surface area (Å²) in [5, 5.41) is 13.3. The molecule has 1 aromatic rings. The number of nitro groups is 1. The van der Waals surface area contributed by atoms with Gasteiger partial charge >= 0.3 is 5.70 Å². The molecule has 0 spiro atoms. The zero-order valence-electron chi connectivity index (χ0n) is 8.02. The lowest BCUT2D eigenvalue weighted by atomic mass is 10.2. The Labute approximate surface area is 81.6 Å². The fourth-order valence-electron chi connectivity index (χ4n) is 1.03. The highest BCUT2D eigenvalue weighted by molar-refractivity contribution is 5.54. The van der Waals surface area contributed by atoms with Crippen LogP contribution in [0.15, 0.2) is 24.5 Å². The van der Waals surface area contributed by atoms with E-state index in [-0.39, 0.29) is 5.70 Å². The van der Waals surface area contributed by atoms with Crippen LogP contribution in [0.5, 0.6) is 0 Å². The smallest absolute Gasteiger partial charge is 0.310 e. The highest BCUT2D eigenvalue weighted by Crippen LogP contribution is 2.12. The summed E-state index contributed by atoms with van der Waals surface area (Å²) in [7, 11) is 1.61. The van der Waals surface area contributed by atoms with Crippen LogP contribution in [0, 0.1) is 17.0 Å². The molecule has 0 aliphatic carbocycles. The minimum absolute atomic E-state index is 0.0313. The molecule has 5 nitrogen and oxygen atoms in total. The molecule has 0 unspecified atom stereocenters. The van der Waals surface area contributed by atoms with Crippen LogP contribution in [-0.4, -0.2) is 17.0 Å². The quantitative estimate of drug-likeness (QED) is 0.578. The molecule has 74 valence electrons. The first-order valence-electron chi connectivity index (χ1n) is 4.10. The van der Waals surface area contributed by atoms with E-state index >= 15 is 0 Å². The van der Waals surface area contributed by atoms with Gasteiger partial charge in [0.25, 0.3) is 0 Å². The van der Waals surface area contributed by atoms with Gasteiger partial charge in [-0.3, -0.25) is 10.1 Å². The normalized spacial score (nSPS) is 11.1. The van der Waals surface area contributed by atoms with E-state index in [4.69, 9.17) is 0 Å². The average molecular weight is 193 g/mol. The Morgan fingerprint density at radius 2 is 2.43 bits per heavy atom. The van der Waals surface area contributed by atoms with E-state index in [1.807, 2.05) is 6.92 Å². The third-order valence-corrected chi connectivity index (χ3v) is 1.66. The lowest BCUT2D eigenvalue weighted by Crippen LogP contribution is -2.05. The Morgan fingerprint density at radius 1 is 1.71 bits per heavy atom.